The van der Waals surface area contributed by atoms with Crippen molar-refractivity contribution in [1.29, 1.82) is 0 Å². The van der Waals surface area contributed by atoms with Gasteiger partial charge in [0.15, 0.2) is 0 Å². The summed E-state index contributed by atoms with van der Waals surface area (Å²) in [5, 5.41) is 3.13. The zero-order chi connectivity index (χ0) is 13.5. The minimum atomic E-state index is 0.146. The Morgan fingerprint density at radius 2 is 2.00 bits per heavy atom. The Hall–Kier alpha value is -0.650. The van der Waals surface area contributed by atoms with E-state index >= 15 is 0 Å². The number of nitrogens with two attached hydrogens (primary N) is 1. The monoisotopic (exact) mass is 269 g/mol. The van der Waals surface area contributed by atoms with Gasteiger partial charge in [-0.3, -0.25) is 9.69 Å². The summed E-state index contributed by atoms with van der Waals surface area (Å²) in [7, 11) is 0. The molecule has 2 saturated heterocycles. The summed E-state index contributed by atoms with van der Waals surface area (Å²) in [4.78, 5) is 14.4. The third-order valence-corrected chi connectivity index (χ3v) is 4.20. The van der Waals surface area contributed by atoms with Gasteiger partial charge in [-0.25, -0.2) is 0 Å². The fourth-order valence-corrected chi connectivity index (χ4v) is 3.01. The van der Waals surface area contributed by atoms with Crippen molar-refractivity contribution in [3.63, 3.8) is 0 Å². The van der Waals surface area contributed by atoms with Crippen molar-refractivity contribution in [2.45, 2.75) is 50.6 Å². The molecule has 19 heavy (non-hydrogen) atoms. The summed E-state index contributed by atoms with van der Waals surface area (Å²) in [5.41, 5.74) is 5.83. The first-order chi connectivity index (χ1) is 9.29. The Morgan fingerprint density at radius 3 is 2.74 bits per heavy atom. The van der Waals surface area contributed by atoms with E-state index in [0.29, 0.717) is 25.2 Å². The molecule has 0 aliphatic carbocycles. The maximum absolute atomic E-state index is 12.1. The smallest absolute Gasteiger partial charge is 0.234 e. The van der Waals surface area contributed by atoms with Crippen LogP contribution >= 0.6 is 0 Å². The molecule has 5 heteroatoms. The van der Waals surface area contributed by atoms with E-state index in [-0.39, 0.29) is 5.91 Å². The molecular weight excluding hydrogens is 242 g/mol. The molecule has 2 fully saturated rings. The van der Waals surface area contributed by atoms with Crippen LogP contribution in [0.15, 0.2) is 0 Å². The van der Waals surface area contributed by atoms with E-state index in [1.165, 1.54) is 19.3 Å². The first-order valence-electron chi connectivity index (χ1n) is 7.61. The summed E-state index contributed by atoms with van der Waals surface area (Å²) in [6.45, 7) is 3.69. The average Bonchev–Trinajstić information content (AvgIpc) is 2.64. The number of nitrogens with one attached hydrogen (secondary N) is 1. The molecule has 0 aromatic rings. The highest BCUT2D eigenvalue weighted by atomic mass is 16.5. The van der Waals surface area contributed by atoms with Crippen molar-refractivity contribution in [3.8, 4) is 0 Å². The van der Waals surface area contributed by atoms with Crippen LogP contribution < -0.4 is 11.1 Å². The number of hydrogen-bond acceptors (Lipinski definition) is 4. The van der Waals surface area contributed by atoms with Crippen LogP contribution in [-0.2, 0) is 9.53 Å². The summed E-state index contributed by atoms with van der Waals surface area (Å²) in [5.74, 6) is 0.146. The first kappa shape index (κ1) is 14.8. The third kappa shape index (κ3) is 4.75. The fraction of sp³-hybridized carbons (Fsp3) is 0.929. The van der Waals surface area contributed by atoms with E-state index in [4.69, 9.17) is 10.5 Å². The predicted molar refractivity (Wildman–Crippen MR) is 74.9 cm³/mol. The summed E-state index contributed by atoms with van der Waals surface area (Å²) in [6.07, 6.45) is 6.68. The number of hydrogen-bond donors (Lipinski definition) is 2. The molecule has 2 aliphatic heterocycles. The van der Waals surface area contributed by atoms with Gasteiger partial charge < -0.3 is 15.8 Å². The second-order valence-electron chi connectivity index (χ2n) is 5.66. The van der Waals surface area contributed by atoms with Crippen LogP contribution in [0.1, 0.15) is 38.5 Å². The standard InChI is InChI=1S/C14H27N3O2/c15-10-13-4-2-1-3-7-17(13)11-14(18)16-12-5-8-19-9-6-12/h12-13H,1-11,15H2,(H,16,18). The molecule has 1 atom stereocenters. The van der Waals surface area contributed by atoms with Gasteiger partial charge in [0.2, 0.25) is 5.91 Å². The largest absolute Gasteiger partial charge is 0.381 e. The SMILES string of the molecule is NCC1CCCCCN1CC(=O)NC1CCOCC1. The minimum absolute atomic E-state index is 0.146. The lowest BCUT2D eigenvalue weighted by Gasteiger charge is -2.29. The van der Waals surface area contributed by atoms with Crippen molar-refractivity contribution in [1.82, 2.24) is 10.2 Å². The van der Waals surface area contributed by atoms with Crippen LogP contribution in [0.4, 0.5) is 0 Å². The van der Waals surface area contributed by atoms with Crippen molar-refractivity contribution < 1.29 is 9.53 Å². The Kier molecular flexibility index (Phi) is 6.07. The second kappa shape index (κ2) is 7.82. The van der Waals surface area contributed by atoms with Crippen LogP contribution in [0, 0.1) is 0 Å². The Balaban J connectivity index is 1.78. The van der Waals surface area contributed by atoms with Gasteiger partial charge in [-0.15, -0.1) is 0 Å². The third-order valence-electron chi connectivity index (χ3n) is 4.20. The summed E-state index contributed by atoms with van der Waals surface area (Å²) < 4.78 is 5.30. The van der Waals surface area contributed by atoms with Crippen LogP contribution in [0.2, 0.25) is 0 Å². The number of amides is 1. The maximum atomic E-state index is 12.1. The van der Waals surface area contributed by atoms with E-state index in [9.17, 15) is 4.79 Å². The lowest BCUT2D eigenvalue weighted by atomic mass is 10.1. The molecule has 0 saturated carbocycles. The zero-order valence-electron chi connectivity index (χ0n) is 11.8. The van der Waals surface area contributed by atoms with Gasteiger partial charge >= 0.3 is 0 Å². The van der Waals surface area contributed by atoms with Gasteiger partial charge in [-0.2, -0.15) is 0 Å². The highest BCUT2D eigenvalue weighted by Crippen LogP contribution is 2.15. The maximum Gasteiger partial charge on any atom is 0.234 e. The number of ether oxygens (including phenoxy) is 1. The van der Waals surface area contributed by atoms with Crippen LogP contribution in [0.5, 0.6) is 0 Å². The lowest BCUT2D eigenvalue weighted by molar-refractivity contribution is -0.124. The molecule has 2 heterocycles. The summed E-state index contributed by atoms with van der Waals surface area (Å²) in [6, 6.07) is 0.674. The molecule has 1 unspecified atom stereocenters. The Bertz CT molecular complexity index is 280. The minimum Gasteiger partial charge on any atom is -0.381 e. The molecule has 0 aromatic heterocycles. The predicted octanol–water partition coefficient (Wildman–Crippen LogP) is 0.485. The van der Waals surface area contributed by atoms with E-state index in [1.54, 1.807) is 0 Å². The highest BCUT2D eigenvalue weighted by molar-refractivity contribution is 5.78. The Morgan fingerprint density at radius 1 is 1.21 bits per heavy atom. The molecule has 0 bridgehead atoms. The molecule has 0 aromatic carbocycles. The quantitative estimate of drug-likeness (QED) is 0.779. The van der Waals surface area contributed by atoms with E-state index < -0.39 is 0 Å². The van der Waals surface area contributed by atoms with Gasteiger partial charge in [-0.1, -0.05) is 12.8 Å². The second-order valence-corrected chi connectivity index (χ2v) is 5.66. The molecule has 0 radical (unpaired) electrons. The number of likely N-dealkylation sites (tertiary alicyclic amines) is 1. The zero-order valence-corrected chi connectivity index (χ0v) is 11.8. The van der Waals surface area contributed by atoms with Gasteiger partial charge in [0.1, 0.15) is 0 Å². The normalized spacial score (nSPS) is 26.9. The molecule has 2 aliphatic rings. The molecule has 110 valence electrons. The topological polar surface area (TPSA) is 67.6 Å². The molecule has 3 N–H and O–H groups in total. The fourth-order valence-electron chi connectivity index (χ4n) is 3.01. The van der Waals surface area contributed by atoms with Crippen LogP contribution in [0.3, 0.4) is 0 Å². The number of nitrogens with zero attached hydrogens (tertiary/aromatic N) is 1. The molecule has 5 nitrogen and oxygen atoms in total. The van der Waals surface area contributed by atoms with Gasteiger partial charge in [0.25, 0.3) is 0 Å². The van der Waals surface area contributed by atoms with E-state index in [2.05, 4.69) is 10.2 Å². The number of carbonyl (C=O) groups is 1. The number of carbonyl (C=O) groups excluding carboxylic acids is 1. The van der Waals surface area contributed by atoms with Crippen LogP contribution in [-0.4, -0.2) is 55.7 Å². The van der Waals surface area contributed by atoms with Gasteiger partial charge in [0.05, 0.1) is 6.54 Å². The highest BCUT2D eigenvalue weighted by Gasteiger charge is 2.23. The Labute approximate surface area is 115 Å². The molecule has 0 spiro atoms. The average molecular weight is 269 g/mol. The van der Waals surface area contributed by atoms with Crippen molar-refractivity contribution in [2.75, 3.05) is 32.8 Å². The van der Waals surface area contributed by atoms with E-state index in [0.717, 1.165) is 39.0 Å². The molecule has 1 amide bonds. The van der Waals surface area contributed by atoms with Gasteiger partial charge in [-0.05, 0) is 32.2 Å². The van der Waals surface area contributed by atoms with Crippen LogP contribution in [0.25, 0.3) is 0 Å². The number of rotatable bonds is 4. The van der Waals surface area contributed by atoms with Gasteiger partial charge in [0, 0.05) is 31.8 Å². The molecule has 2 rings (SSSR count). The molecular formula is C14H27N3O2. The van der Waals surface area contributed by atoms with Crippen molar-refractivity contribution in [2.24, 2.45) is 5.73 Å². The van der Waals surface area contributed by atoms with Crippen molar-refractivity contribution >= 4 is 5.91 Å². The first-order valence-corrected chi connectivity index (χ1v) is 7.61. The van der Waals surface area contributed by atoms with Crippen molar-refractivity contribution in [3.05, 3.63) is 0 Å². The summed E-state index contributed by atoms with van der Waals surface area (Å²) >= 11 is 0. The van der Waals surface area contributed by atoms with E-state index in [1.807, 2.05) is 0 Å². The lowest BCUT2D eigenvalue weighted by Crippen LogP contribution is -2.48.